The molecule has 0 spiro atoms. The fourth-order valence-corrected chi connectivity index (χ4v) is 8.43. The number of benzene rings is 3. The molecule has 27 heavy (non-hydrogen) atoms. The van der Waals surface area contributed by atoms with E-state index < -0.39 is 14.7 Å². The van der Waals surface area contributed by atoms with Crippen molar-refractivity contribution in [2.75, 3.05) is 6.61 Å². The molecular weight excluding hydrogens is 393 g/mol. The Hall–Kier alpha value is -2.31. The molecule has 3 heteroatoms. The summed E-state index contributed by atoms with van der Waals surface area (Å²) in [6, 6.07) is 30.7. The number of aliphatic imine (C=N–C) groups is 1. The van der Waals surface area contributed by atoms with Gasteiger partial charge in [-0.25, -0.2) is 0 Å². The average Bonchev–Trinajstić information content (AvgIpc) is 3.21. The molecule has 1 atom stereocenters. The van der Waals surface area contributed by atoms with E-state index in [0.29, 0.717) is 12.5 Å². The second kappa shape index (κ2) is 8.15. The van der Waals surface area contributed by atoms with E-state index in [2.05, 4.69) is 98.8 Å². The van der Waals surface area contributed by atoms with E-state index in [-0.39, 0.29) is 6.04 Å². The molecule has 4 rings (SSSR count). The summed E-state index contributed by atoms with van der Waals surface area (Å²) in [6.45, 7) is 5.10. The van der Waals surface area contributed by atoms with E-state index in [1.165, 1.54) is 13.1 Å². The van der Waals surface area contributed by atoms with Gasteiger partial charge >= 0.3 is 166 Å². The van der Waals surface area contributed by atoms with Crippen LogP contribution in [0.4, 0.5) is 0 Å². The number of hydrogen-bond donors (Lipinski definition) is 0. The van der Waals surface area contributed by atoms with E-state index in [1.54, 1.807) is 0 Å². The van der Waals surface area contributed by atoms with Gasteiger partial charge in [-0.1, -0.05) is 0 Å². The third kappa shape index (κ3) is 3.87. The van der Waals surface area contributed by atoms with Gasteiger partial charge in [-0.05, 0) is 0 Å². The van der Waals surface area contributed by atoms with E-state index >= 15 is 0 Å². The maximum atomic E-state index is 6.05. The zero-order valence-electron chi connectivity index (χ0n) is 15.7. The van der Waals surface area contributed by atoms with Crippen molar-refractivity contribution in [3.8, 4) is 0 Å². The summed E-state index contributed by atoms with van der Waals surface area (Å²) in [7, 11) is 0. The minimum atomic E-state index is -1.70. The molecule has 3 aromatic carbocycles. The number of rotatable bonds is 5. The van der Waals surface area contributed by atoms with Crippen LogP contribution < -0.4 is 13.1 Å². The fourth-order valence-electron chi connectivity index (χ4n) is 3.31. The van der Waals surface area contributed by atoms with Crippen LogP contribution in [0.15, 0.2) is 89.9 Å². The molecule has 0 aliphatic carbocycles. The molecule has 0 radical (unpaired) electrons. The molecule has 2 nitrogen and oxygen atoms in total. The number of nitrogens with zero attached hydrogens (tertiary/aromatic N) is 1. The van der Waals surface area contributed by atoms with Crippen molar-refractivity contribution >= 4 is 33.6 Å². The Bertz CT molecular complexity index is 882. The molecule has 136 valence electrons. The van der Waals surface area contributed by atoms with Crippen molar-refractivity contribution in [2.24, 2.45) is 10.9 Å². The Morgan fingerprint density at radius 3 is 1.93 bits per heavy atom. The van der Waals surface area contributed by atoms with Crippen LogP contribution in [0.2, 0.25) is 0 Å². The van der Waals surface area contributed by atoms with Crippen LogP contribution >= 0.6 is 0 Å². The van der Waals surface area contributed by atoms with Crippen LogP contribution in [-0.2, 0) is 4.74 Å². The second-order valence-electron chi connectivity index (χ2n) is 7.08. The summed E-state index contributed by atoms with van der Waals surface area (Å²) in [5.41, 5.74) is 1.16. The van der Waals surface area contributed by atoms with E-state index in [1.807, 2.05) is 0 Å². The molecule has 1 aliphatic heterocycles. The topological polar surface area (TPSA) is 21.6 Å². The van der Waals surface area contributed by atoms with Crippen LogP contribution in [0, 0.1) is 5.92 Å². The van der Waals surface area contributed by atoms with Crippen LogP contribution in [0.5, 0.6) is 0 Å². The van der Waals surface area contributed by atoms with Gasteiger partial charge in [-0.2, -0.15) is 0 Å². The molecule has 1 heterocycles. The summed E-state index contributed by atoms with van der Waals surface area (Å²) in [5, 5.41) is 0. The van der Waals surface area contributed by atoms with Crippen molar-refractivity contribution in [1.29, 1.82) is 0 Å². The van der Waals surface area contributed by atoms with Gasteiger partial charge < -0.3 is 0 Å². The quantitative estimate of drug-likeness (QED) is 0.585. The summed E-state index contributed by atoms with van der Waals surface area (Å²) >= 11 is -1.70. The molecule has 0 saturated carbocycles. The molecule has 3 aromatic rings. The predicted octanol–water partition coefficient (Wildman–Crippen LogP) is 3.00. The van der Waals surface area contributed by atoms with Crippen molar-refractivity contribution in [3.05, 3.63) is 90.5 Å². The van der Waals surface area contributed by atoms with Crippen molar-refractivity contribution in [2.45, 2.75) is 19.9 Å². The molecule has 0 unspecified atom stereocenters. The fraction of sp³-hybridized carbons (Fsp3) is 0.208. The summed E-state index contributed by atoms with van der Waals surface area (Å²) in [5.74, 6) is 1.31. The Labute approximate surface area is 166 Å². The van der Waals surface area contributed by atoms with Gasteiger partial charge in [0.05, 0.1) is 0 Å². The third-order valence-electron chi connectivity index (χ3n) is 4.85. The van der Waals surface area contributed by atoms with Gasteiger partial charge in [0, 0.05) is 0 Å². The normalized spacial score (nSPS) is 16.4. The maximum absolute atomic E-state index is 6.05. The van der Waals surface area contributed by atoms with Gasteiger partial charge in [0.25, 0.3) is 0 Å². The van der Waals surface area contributed by atoms with Gasteiger partial charge in [0.15, 0.2) is 0 Å². The zero-order chi connectivity index (χ0) is 18.6. The monoisotopic (exact) mass is 417 g/mol. The van der Waals surface area contributed by atoms with Gasteiger partial charge in [0.2, 0.25) is 0 Å². The van der Waals surface area contributed by atoms with E-state index in [9.17, 15) is 0 Å². The standard InChI is InChI=1S/C24H24AsNO/c1-18(2)23-17-27-24(26-23)21-15-9-10-16-22(21)25(19-11-5-3-6-12-19)20-13-7-4-8-14-20/h3-16,18,23H,17H2,1-2H3/t23-/m1/s1. The first-order valence-electron chi connectivity index (χ1n) is 9.44. The third-order valence-corrected chi connectivity index (χ3v) is 10.1. The first-order valence-corrected chi connectivity index (χ1v) is 12.3. The minimum absolute atomic E-state index is 0.252. The van der Waals surface area contributed by atoms with Gasteiger partial charge in [-0.3, -0.25) is 0 Å². The molecular formula is C24H24AsNO. The summed E-state index contributed by atoms with van der Waals surface area (Å²) < 4.78 is 10.3. The van der Waals surface area contributed by atoms with Crippen LogP contribution in [-0.4, -0.2) is 33.2 Å². The predicted molar refractivity (Wildman–Crippen MR) is 115 cm³/mol. The van der Waals surface area contributed by atoms with Crippen LogP contribution in [0.1, 0.15) is 19.4 Å². The SMILES string of the molecule is CC(C)[C@H]1COC(c2ccccc2[As](c2ccccc2)c2ccccc2)=N1. The Balaban J connectivity index is 1.84. The first-order chi connectivity index (χ1) is 13.2. The van der Waals surface area contributed by atoms with E-state index in [0.717, 1.165) is 11.5 Å². The Kier molecular flexibility index (Phi) is 5.45. The molecule has 0 amide bonds. The summed E-state index contributed by atoms with van der Waals surface area (Å²) in [6.07, 6.45) is 0. The van der Waals surface area contributed by atoms with Crippen molar-refractivity contribution in [3.63, 3.8) is 0 Å². The Morgan fingerprint density at radius 1 is 0.815 bits per heavy atom. The van der Waals surface area contributed by atoms with Gasteiger partial charge in [-0.15, -0.1) is 0 Å². The van der Waals surface area contributed by atoms with E-state index in [4.69, 9.17) is 9.73 Å². The number of hydrogen-bond acceptors (Lipinski definition) is 2. The molecule has 0 fully saturated rings. The Morgan fingerprint density at radius 2 is 1.37 bits per heavy atom. The number of ether oxygens (including phenoxy) is 1. The first kappa shape index (κ1) is 18.1. The van der Waals surface area contributed by atoms with Gasteiger partial charge in [0.1, 0.15) is 0 Å². The van der Waals surface area contributed by atoms with Crippen LogP contribution in [0.3, 0.4) is 0 Å². The molecule has 0 aromatic heterocycles. The molecule has 1 aliphatic rings. The second-order valence-corrected chi connectivity index (χ2v) is 11.7. The van der Waals surface area contributed by atoms with Crippen molar-refractivity contribution in [1.82, 2.24) is 0 Å². The average molecular weight is 417 g/mol. The van der Waals surface area contributed by atoms with Crippen LogP contribution in [0.25, 0.3) is 0 Å². The molecule has 0 N–H and O–H groups in total. The molecule has 0 saturated heterocycles. The summed E-state index contributed by atoms with van der Waals surface area (Å²) in [4.78, 5) is 4.91. The molecule has 0 bridgehead atoms. The van der Waals surface area contributed by atoms with Crippen molar-refractivity contribution < 1.29 is 4.74 Å². The zero-order valence-corrected chi connectivity index (χ0v) is 17.6.